The van der Waals surface area contributed by atoms with Crippen LogP contribution in [0.3, 0.4) is 0 Å². The average Bonchev–Trinajstić information content (AvgIpc) is 2.72. The molecule has 1 aliphatic rings. The second-order valence-corrected chi connectivity index (χ2v) is 7.92. The third-order valence-corrected chi connectivity index (χ3v) is 6.07. The van der Waals surface area contributed by atoms with Crippen LogP contribution in [0.1, 0.15) is 5.56 Å². The Balaban J connectivity index is 1.72. The molecule has 148 valence electrons. The fourth-order valence-electron chi connectivity index (χ4n) is 3.08. The van der Waals surface area contributed by atoms with Gasteiger partial charge in [-0.25, -0.2) is 8.51 Å². The Kier molecular flexibility index (Phi) is 6.23. The van der Waals surface area contributed by atoms with E-state index >= 15 is 0 Å². The van der Waals surface area contributed by atoms with E-state index in [0.717, 1.165) is 4.90 Å². The van der Waals surface area contributed by atoms with Gasteiger partial charge in [-0.2, -0.15) is 0 Å². The summed E-state index contributed by atoms with van der Waals surface area (Å²) in [5.74, 6) is 0.241. The maximum atomic E-state index is 12.7. The van der Waals surface area contributed by atoms with E-state index in [0.29, 0.717) is 43.1 Å². The van der Waals surface area contributed by atoms with Crippen LogP contribution in [0.2, 0.25) is 0 Å². The summed E-state index contributed by atoms with van der Waals surface area (Å²) in [6, 6.07) is 16.2. The Morgan fingerprint density at radius 2 is 1.54 bits per heavy atom. The van der Waals surface area contributed by atoms with Crippen molar-refractivity contribution in [1.29, 1.82) is 0 Å². The highest BCUT2D eigenvalue weighted by Crippen LogP contribution is 2.24. The quantitative estimate of drug-likeness (QED) is 0.559. The van der Waals surface area contributed by atoms with Gasteiger partial charge >= 0.3 is 0 Å². The molecular formula is C20H25N5O2S. The largest absolute Gasteiger partial charge is 0.507 e. The summed E-state index contributed by atoms with van der Waals surface area (Å²) in [5.41, 5.74) is 19.5. The van der Waals surface area contributed by atoms with Crippen LogP contribution >= 0.6 is 0 Å². The first kappa shape index (κ1) is 19.8. The second-order valence-electron chi connectivity index (χ2n) is 6.44. The number of allylic oxidation sites excluding steroid dienone is 1. The number of benzene rings is 2. The molecule has 0 spiro atoms. The van der Waals surface area contributed by atoms with Crippen LogP contribution in [0, 0.1) is 0 Å². The number of piperazine rings is 1. The van der Waals surface area contributed by atoms with Crippen LogP contribution in [-0.4, -0.2) is 44.7 Å². The molecule has 0 amide bonds. The normalized spacial score (nSPS) is 16.6. The molecule has 0 radical (unpaired) electrons. The van der Waals surface area contributed by atoms with Crippen LogP contribution in [-0.2, 0) is 11.0 Å². The first-order chi connectivity index (χ1) is 13.5. The fourth-order valence-corrected chi connectivity index (χ4v) is 4.26. The highest BCUT2D eigenvalue weighted by atomic mass is 32.2. The number of rotatable bonds is 5. The molecule has 1 atom stereocenters. The zero-order chi connectivity index (χ0) is 20.1. The molecule has 8 heteroatoms. The number of nitrogens with two attached hydrogens (primary N) is 3. The lowest BCUT2D eigenvalue weighted by molar-refractivity contribution is 0.238. The maximum Gasteiger partial charge on any atom is 0.127 e. The van der Waals surface area contributed by atoms with E-state index in [1.807, 2.05) is 39.5 Å². The Bertz CT molecular complexity index is 902. The molecule has 7 N–H and O–H groups in total. The van der Waals surface area contributed by atoms with E-state index in [9.17, 15) is 9.32 Å². The van der Waals surface area contributed by atoms with Crippen LogP contribution in [0.4, 0.5) is 0 Å². The van der Waals surface area contributed by atoms with Gasteiger partial charge in [0.15, 0.2) is 0 Å². The van der Waals surface area contributed by atoms with Gasteiger partial charge in [0.25, 0.3) is 0 Å². The van der Waals surface area contributed by atoms with Crippen molar-refractivity contribution in [2.75, 3.05) is 26.2 Å². The maximum absolute atomic E-state index is 12.7. The smallest absolute Gasteiger partial charge is 0.127 e. The Hall–Kier alpha value is -2.97. The van der Waals surface area contributed by atoms with Gasteiger partial charge in [0.05, 0.1) is 10.6 Å². The van der Waals surface area contributed by atoms with Crippen molar-refractivity contribution in [1.82, 2.24) is 9.21 Å². The first-order valence-electron chi connectivity index (χ1n) is 8.95. The lowest BCUT2D eigenvalue weighted by atomic mass is 10.1. The molecular weight excluding hydrogens is 374 g/mol. The van der Waals surface area contributed by atoms with E-state index in [1.165, 1.54) is 0 Å². The fraction of sp³-hybridized carbons (Fsp3) is 0.200. The lowest BCUT2D eigenvalue weighted by Crippen LogP contribution is -2.47. The second kappa shape index (κ2) is 8.81. The molecule has 0 aliphatic carbocycles. The van der Waals surface area contributed by atoms with E-state index in [4.69, 9.17) is 17.2 Å². The number of hydrogen-bond acceptors (Lipinski definition) is 6. The number of phenols is 1. The van der Waals surface area contributed by atoms with Gasteiger partial charge < -0.3 is 27.2 Å². The minimum absolute atomic E-state index is 0.0919. The number of aromatic hydroxyl groups is 1. The van der Waals surface area contributed by atoms with E-state index in [2.05, 4.69) is 0 Å². The predicted octanol–water partition coefficient (Wildman–Crippen LogP) is 1.12. The van der Waals surface area contributed by atoms with E-state index < -0.39 is 11.0 Å². The number of para-hydroxylation sites is 1. The van der Waals surface area contributed by atoms with Crippen LogP contribution < -0.4 is 17.2 Å². The first-order valence-corrected chi connectivity index (χ1v) is 10.1. The highest BCUT2D eigenvalue weighted by molar-refractivity contribution is 7.82. The zero-order valence-corrected chi connectivity index (χ0v) is 16.3. The number of hydrogen-bond donors (Lipinski definition) is 4. The van der Waals surface area contributed by atoms with Crippen molar-refractivity contribution in [2.24, 2.45) is 17.2 Å². The molecule has 28 heavy (non-hydrogen) atoms. The van der Waals surface area contributed by atoms with Crippen LogP contribution in [0.15, 0.2) is 77.1 Å². The highest BCUT2D eigenvalue weighted by Gasteiger charge is 2.24. The van der Waals surface area contributed by atoms with Crippen molar-refractivity contribution in [2.45, 2.75) is 4.90 Å². The molecule has 0 aromatic heterocycles. The van der Waals surface area contributed by atoms with Gasteiger partial charge in [0.1, 0.15) is 22.6 Å². The molecule has 0 bridgehead atoms. The monoisotopic (exact) mass is 399 g/mol. The molecule has 7 nitrogen and oxygen atoms in total. The minimum atomic E-state index is -1.20. The van der Waals surface area contributed by atoms with Crippen molar-refractivity contribution >= 4 is 16.7 Å². The molecule has 3 rings (SSSR count). The van der Waals surface area contributed by atoms with Gasteiger partial charge in [-0.3, -0.25) is 0 Å². The van der Waals surface area contributed by atoms with E-state index in [-0.39, 0.29) is 11.6 Å². The standard InChI is InChI=1S/C20H25N5O2S/c21-17(16-8-4-5-9-19(16)26)14-18(20(22)23)24-10-12-25(13-11-24)28(27)15-6-2-1-3-7-15/h1-9,14,26H,10-13,21-23H2/b17-14-. The summed E-state index contributed by atoms with van der Waals surface area (Å²) >= 11 is 0. The SMILES string of the molecule is NC(N)=C(/C=C(\N)c1ccccc1O)N1CCN(S(=O)c2ccccc2)CC1. The molecule has 1 aliphatic heterocycles. The van der Waals surface area contributed by atoms with Gasteiger partial charge in [-0.15, -0.1) is 0 Å². The summed E-state index contributed by atoms with van der Waals surface area (Å²) in [6.07, 6.45) is 1.67. The van der Waals surface area contributed by atoms with Crippen LogP contribution in [0.5, 0.6) is 5.75 Å². The zero-order valence-electron chi connectivity index (χ0n) is 15.5. The third-order valence-electron chi connectivity index (χ3n) is 4.56. The Morgan fingerprint density at radius 1 is 0.929 bits per heavy atom. The van der Waals surface area contributed by atoms with Crippen molar-refractivity contribution in [3.8, 4) is 5.75 Å². The summed E-state index contributed by atoms with van der Waals surface area (Å²) < 4.78 is 14.6. The molecule has 0 saturated carbocycles. The van der Waals surface area contributed by atoms with Gasteiger partial charge in [0, 0.05) is 37.4 Å². The average molecular weight is 400 g/mol. The molecule has 1 heterocycles. The lowest BCUT2D eigenvalue weighted by Gasteiger charge is -2.36. The third kappa shape index (κ3) is 4.47. The molecule has 2 aromatic carbocycles. The van der Waals surface area contributed by atoms with Gasteiger partial charge in [-0.05, 0) is 30.3 Å². The van der Waals surface area contributed by atoms with Crippen LogP contribution in [0.25, 0.3) is 5.70 Å². The Labute approximate surface area is 167 Å². The summed E-state index contributed by atoms with van der Waals surface area (Å²) in [5, 5.41) is 9.99. The minimum Gasteiger partial charge on any atom is -0.507 e. The van der Waals surface area contributed by atoms with Crippen molar-refractivity contribution in [3.63, 3.8) is 0 Å². The Morgan fingerprint density at radius 3 is 2.14 bits per heavy atom. The molecule has 2 aromatic rings. The summed E-state index contributed by atoms with van der Waals surface area (Å²) in [4.78, 5) is 2.80. The molecule has 1 saturated heterocycles. The number of nitrogens with zero attached hydrogens (tertiary/aromatic N) is 2. The number of phenolic OH excluding ortho intramolecular Hbond substituents is 1. The van der Waals surface area contributed by atoms with Gasteiger partial charge in [0.2, 0.25) is 0 Å². The predicted molar refractivity (Wildman–Crippen MR) is 112 cm³/mol. The summed E-state index contributed by atoms with van der Waals surface area (Å²) in [6.45, 7) is 2.41. The van der Waals surface area contributed by atoms with Crippen molar-refractivity contribution < 1.29 is 9.32 Å². The van der Waals surface area contributed by atoms with Gasteiger partial charge in [-0.1, -0.05) is 30.3 Å². The molecule has 1 fully saturated rings. The van der Waals surface area contributed by atoms with Crippen molar-refractivity contribution in [3.05, 3.63) is 77.8 Å². The topological polar surface area (TPSA) is 122 Å². The summed E-state index contributed by atoms with van der Waals surface area (Å²) in [7, 11) is -1.20. The van der Waals surface area contributed by atoms with E-state index in [1.54, 1.807) is 30.3 Å². The molecule has 1 unspecified atom stereocenters.